The van der Waals surface area contributed by atoms with Gasteiger partial charge in [-0.3, -0.25) is 0 Å². The topological polar surface area (TPSA) is 3.24 Å². The molecule has 0 aliphatic heterocycles. The van der Waals surface area contributed by atoms with E-state index in [-0.39, 0.29) is 0 Å². The summed E-state index contributed by atoms with van der Waals surface area (Å²) in [6.45, 7) is 0. The Labute approximate surface area is 305 Å². The Bertz CT molecular complexity index is 3460. The second-order valence-corrected chi connectivity index (χ2v) is 14.5. The Hall–Kier alpha value is -6.96. The summed E-state index contributed by atoms with van der Waals surface area (Å²) in [5.74, 6) is 0. The van der Waals surface area contributed by atoms with Gasteiger partial charge in [0.25, 0.3) is 0 Å². The summed E-state index contributed by atoms with van der Waals surface area (Å²) < 4.78 is 0. The molecular weight excluding hydrogens is 639 g/mol. The second-order valence-electron chi connectivity index (χ2n) is 14.5. The molecule has 12 aromatic rings. The molecule has 0 saturated carbocycles. The zero-order valence-corrected chi connectivity index (χ0v) is 28.8. The van der Waals surface area contributed by atoms with Crippen molar-refractivity contribution < 1.29 is 0 Å². The molecule has 0 aliphatic rings. The fourth-order valence-corrected chi connectivity index (χ4v) is 9.30. The molecule has 0 unspecified atom stereocenters. The summed E-state index contributed by atoms with van der Waals surface area (Å²) in [6.07, 6.45) is 0. The van der Waals surface area contributed by atoms with Gasteiger partial charge >= 0.3 is 0 Å². The summed E-state index contributed by atoms with van der Waals surface area (Å²) in [7, 11) is 0. The Kier molecular flexibility index (Phi) is 5.84. The number of hydrogen-bond acceptors (Lipinski definition) is 1. The van der Waals surface area contributed by atoms with Gasteiger partial charge in [-0.1, -0.05) is 152 Å². The lowest BCUT2D eigenvalue weighted by molar-refractivity contribution is 1.30. The minimum Gasteiger partial charge on any atom is -0.310 e. The maximum Gasteiger partial charge on any atom is 0.0474 e. The van der Waals surface area contributed by atoms with Crippen molar-refractivity contribution in [2.75, 3.05) is 4.90 Å². The van der Waals surface area contributed by atoms with E-state index in [1.165, 1.54) is 97.0 Å². The minimum atomic E-state index is 1.13. The smallest absolute Gasteiger partial charge is 0.0474 e. The third-order valence-corrected chi connectivity index (χ3v) is 11.6. The lowest BCUT2D eigenvalue weighted by Gasteiger charge is -2.27. The van der Waals surface area contributed by atoms with E-state index in [9.17, 15) is 0 Å². The Morgan fingerprint density at radius 1 is 0.208 bits per heavy atom. The first kappa shape index (κ1) is 28.7. The zero-order chi connectivity index (χ0) is 34.6. The van der Waals surface area contributed by atoms with E-state index < -0.39 is 0 Å². The molecule has 0 aliphatic carbocycles. The van der Waals surface area contributed by atoms with Crippen LogP contribution in [0.1, 0.15) is 0 Å². The summed E-state index contributed by atoms with van der Waals surface area (Å²) >= 11 is 0. The fraction of sp³-hybridized carbons (Fsp3) is 0. The fourth-order valence-electron chi connectivity index (χ4n) is 9.30. The molecule has 12 aromatic carbocycles. The Balaban J connectivity index is 1.24. The highest BCUT2D eigenvalue weighted by atomic mass is 15.1. The molecule has 0 saturated heterocycles. The van der Waals surface area contributed by atoms with Crippen molar-refractivity contribution in [3.05, 3.63) is 188 Å². The number of benzene rings is 11. The molecule has 0 amide bonds. The highest BCUT2D eigenvalue weighted by molar-refractivity contribution is 6.37. The third-order valence-electron chi connectivity index (χ3n) is 11.6. The molecule has 0 fully saturated rings. The highest BCUT2D eigenvalue weighted by Crippen LogP contribution is 2.46. The van der Waals surface area contributed by atoms with Crippen LogP contribution < -0.4 is 4.90 Å². The van der Waals surface area contributed by atoms with Crippen LogP contribution in [0.2, 0.25) is 0 Å². The number of nitrogens with zero attached hydrogens (tertiary/aromatic N) is 1. The van der Waals surface area contributed by atoms with Crippen LogP contribution in [0, 0.1) is 0 Å². The predicted octanol–water partition coefficient (Wildman–Crippen LogP) is 15.0. The molecule has 0 heterocycles. The van der Waals surface area contributed by atoms with Gasteiger partial charge < -0.3 is 4.90 Å². The monoisotopic (exact) mass is 669 g/mol. The molecule has 0 N–H and O–H groups in total. The molecule has 1 nitrogen and oxygen atoms in total. The first-order valence-corrected chi connectivity index (χ1v) is 18.4. The van der Waals surface area contributed by atoms with Crippen molar-refractivity contribution in [2.24, 2.45) is 0 Å². The van der Waals surface area contributed by atoms with E-state index in [0.717, 1.165) is 17.1 Å². The van der Waals surface area contributed by atoms with Crippen LogP contribution in [0.15, 0.2) is 188 Å². The quantitative estimate of drug-likeness (QED) is 0.169. The van der Waals surface area contributed by atoms with Crippen LogP contribution in [0.3, 0.4) is 0 Å². The maximum atomic E-state index is 2.46. The van der Waals surface area contributed by atoms with Crippen LogP contribution in [0.4, 0.5) is 17.1 Å². The van der Waals surface area contributed by atoms with Crippen LogP contribution in [0.5, 0.6) is 0 Å². The maximum absolute atomic E-state index is 2.46. The van der Waals surface area contributed by atoms with Crippen molar-refractivity contribution in [1.29, 1.82) is 0 Å². The van der Waals surface area contributed by atoms with Crippen molar-refractivity contribution in [3.8, 4) is 0 Å². The molecule has 12 rings (SSSR count). The van der Waals surface area contributed by atoms with Gasteiger partial charge in [0.2, 0.25) is 0 Å². The number of rotatable bonds is 3. The van der Waals surface area contributed by atoms with Gasteiger partial charge in [-0.2, -0.15) is 0 Å². The van der Waals surface area contributed by atoms with E-state index >= 15 is 0 Å². The lowest BCUT2D eigenvalue weighted by atomic mass is 9.87. The summed E-state index contributed by atoms with van der Waals surface area (Å²) in [6, 6.07) is 70.2. The van der Waals surface area contributed by atoms with Gasteiger partial charge in [0.1, 0.15) is 0 Å². The molecule has 0 bridgehead atoms. The van der Waals surface area contributed by atoms with Crippen molar-refractivity contribution >= 4 is 114 Å². The van der Waals surface area contributed by atoms with Crippen LogP contribution in [-0.4, -0.2) is 0 Å². The minimum absolute atomic E-state index is 1.13. The van der Waals surface area contributed by atoms with Gasteiger partial charge in [-0.15, -0.1) is 0 Å². The number of fused-ring (bicyclic) bond motifs is 6. The van der Waals surface area contributed by atoms with Gasteiger partial charge in [0.15, 0.2) is 0 Å². The highest BCUT2D eigenvalue weighted by Gasteiger charge is 2.20. The van der Waals surface area contributed by atoms with Crippen LogP contribution >= 0.6 is 0 Å². The normalized spacial score (nSPS) is 12.2. The summed E-state index contributed by atoms with van der Waals surface area (Å²) in [5.41, 5.74) is 3.40. The molecule has 1 heteroatoms. The van der Waals surface area contributed by atoms with E-state index in [0.29, 0.717) is 0 Å². The first-order chi connectivity index (χ1) is 26.3. The standard InChI is InChI=1S/C52H31N/c1-2-10-37-28-40(25-24-32(37)8-1)53(41-26-27-44-38(29-41)22-18-33-9-3-4-14-43(33)44)42-30-39-23-21-36-12-6-16-46-45-15-5-11-34-19-20-35-13-7-17-47(51(35)49(34)45)48(31-42)52(39)50(36)46/h1-31H. The molecule has 0 radical (unpaired) electrons. The molecule has 0 atom stereocenters. The summed E-state index contributed by atoms with van der Waals surface area (Å²) in [5, 5.41) is 22.9. The largest absolute Gasteiger partial charge is 0.310 e. The van der Waals surface area contributed by atoms with Gasteiger partial charge in [0.05, 0.1) is 0 Å². The average molecular weight is 670 g/mol. The molecular formula is C52H31N. The molecule has 53 heavy (non-hydrogen) atoms. The molecule has 244 valence electrons. The Morgan fingerprint density at radius 2 is 0.623 bits per heavy atom. The third kappa shape index (κ3) is 4.14. The van der Waals surface area contributed by atoms with Gasteiger partial charge in [-0.05, 0) is 133 Å². The molecule has 0 spiro atoms. The number of hydrogen-bond donors (Lipinski definition) is 0. The SMILES string of the molecule is c1ccc2cc(N(c3ccc4c(ccc5ccccc54)c3)c3cc4ccc5cccc6c7cccc8ccc9cccc(c(c3)c4c56)c9c87)ccc2c1. The van der Waals surface area contributed by atoms with Crippen LogP contribution in [-0.2, 0) is 0 Å². The predicted molar refractivity (Wildman–Crippen MR) is 230 cm³/mol. The first-order valence-electron chi connectivity index (χ1n) is 18.4. The molecule has 0 aromatic heterocycles. The Morgan fingerprint density at radius 3 is 1.32 bits per heavy atom. The van der Waals surface area contributed by atoms with Crippen molar-refractivity contribution in [3.63, 3.8) is 0 Å². The average Bonchev–Trinajstić information content (AvgIpc) is 3.22. The second kappa shape index (κ2) is 10.8. The zero-order valence-electron chi connectivity index (χ0n) is 28.8. The van der Waals surface area contributed by atoms with Crippen molar-refractivity contribution in [1.82, 2.24) is 0 Å². The van der Waals surface area contributed by atoms with Gasteiger partial charge in [0, 0.05) is 17.1 Å². The van der Waals surface area contributed by atoms with E-state index in [2.05, 4.69) is 193 Å². The number of anilines is 3. The van der Waals surface area contributed by atoms with E-state index in [1.807, 2.05) is 0 Å². The summed E-state index contributed by atoms with van der Waals surface area (Å²) in [4.78, 5) is 2.46. The van der Waals surface area contributed by atoms with Crippen molar-refractivity contribution in [2.45, 2.75) is 0 Å². The van der Waals surface area contributed by atoms with E-state index in [4.69, 9.17) is 0 Å². The van der Waals surface area contributed by atoms with Crippen LogP contribution in [0.25, 0.3) is 97.0 Å². The lowest BCUT2D eigenvalue weighted by Crippen LogP contribution is -2.10. The van der Waals surface area contributed by atoms with E-state index in [1.54, 1.807) is 0 Å². The van der Waals surface area contributed by atoms with Gasteiger partial charge in [-0.25, -0.2) is 0 Å².